The number of pyridine rings is 1. The topological polar surface area (TPSA) is 88.7 Å². The van der Waals surface area contributed by atoms with E-state index in [-0.39, 0.29) is 5.91 Å². The molecule has 0 saturated carbocycles. The molecular formula is C21H25N5O+2. The molecule has 1 aromatic heterocycles. The number of rotatable bonds is 4. The number of fused-ring (bicyclic) bond motifs is 1. The normalized spacial score (nSPS) is 16.8. The van der Waals surface area contributed by atoms with Crippen molar-refractivity contribution in [2.75, 3.05) is 37.6 Å². The summed E-state index contributed by atoms with van der Waals surface area (Å²) < 4.78 is 0. The fraction of sp³-hybridized carbons (Fsp3) is 0.381. The van der Waals surface area contributed by atoms with E-state index in [1.165, 1.54) is 21.6 Å². The predicted octanol–water partition coefficient (Wildman–Crippen LogP) is -0.282. The van der Waals surface area contributed by atoms with Crippen molar-refractivity contribution in [3.8, 4) is 17.3 Å². The summed E-state index contributed by atoms with van der Waals surface area (Å²) in [5.41, 5.74) is 10.9. The lowest BCUT2D eigenvalue weighted by molar-refractivity contribution is -0.892. The number of nitrogens with one attached hydrogen (secondary N) is 2. The average molecular weight is 363 g/mol. The first-order chi connectivity index (χ1) is 13.2. The Bertz CT molecular complexity index is 895. The van der Waals surface area contributed by atoms with Crippen LogP contribution in [-0.4, -0.2) is 38.6 Å². The SMILES string of the molecule is N#Cc1c(N2CC[NH+](CC(N)=O)CC2)[nH+]c(-c2ccccc2)c2c1CCC2. The van der Waals surface area contributed by atoms with Gasteiger partial charge in [-0.1, -0.05) is 30.3 Å². The van der Waals surface area contributed by atoms with E-state index in [2.05, 4.69) is 28.1 Å². The van der Waals surface area contributed by atoms with Crippen molar-refractivity contribution in [3.63, 3.8) is 0 Å². The number of hydrogen-bond acceptors (Lipinski definition) is 3. The molecule has 27 heavy (non-hydrogen) atoms. The molecule has 6 nitrogen and oxygen atoms in total. The van der Waals surface area contributed by atoms with Gasteiger partial charge in [-0.3, -0.25) is 4.79 Å². The number of piperazine rings is 1. The molecule has 1 saturated heterocycles. The minimum atomic E-state index is -0.258. The molecular weight excluding hydrogens is 338 g/mol. The van der Waals surface area contributed by atoms with Gasteiger partial charge in [-0.25, -0.2) is 9.88 Å². The van der Waals surface area contributed by atoms with E-state index < -0.39 is 0 Å². The second-order valence-corrected chi connectivity index (χ2v) is 7.39. The number of H-pyrrole nitrogens is 1. The first kappa shape index (κ1) is 17.5. The molecule has 4 N–H and O–H groups in total. The molecule has 1 fully saturated rings. The highest BCUT2D eigenvalue weighted by atomic mass is 16.1. The smallest absolute Gasteiger partial charge is 0.293 e. The van der Waals surface area contributed by atoms with Gasteiger partial charge in [0, 0.05) is 11.1 Å². The third-order valence-corrected chi connectivity index (χ3v) is 5.69. The van der Waals surface area contributed by atoms with Crippen molar-refractivity contribution in [1.29, 1.82) is 5.26 Å². The Kier molecular flexibility index (Phi) is 4.78. The summed E-state index contributed by atoms with van der Waals surface area (Å²) in [6.07, 6.45) is 3.08. The zero-order valence-electron chi connectivity index (χ0n) is 15.4. The maximum absolute atomic E-state index is 11.2. The van der Waals surface area contributed by atoms with Crippen molar-refractivity contribution in [2.45, 2.75) is 19.3 Å². The average Bonchev–Trinajstić information content (AvgIpc) is 3.17. The number of carbonyl (C=O) groups excluding carboxylic acids is 1. The summed E-state index contributed by atoms with van der Waals surface area (Å²) >= 11 is 0. The molecule has 2 heterocycles. The van der Waals surface area contributed by atoms with Crippen LogP contribution >= 0.6 is 0 Å². The highest BCUT2D eigenvalue weighted by Crippen LogP contribution is 2.34. The van der Waals surface area contributed by atoms with Crippen LogP contribution in [0.15, 0.2) is 30.3 Å². The molecule has 2 aliphatic rings. The van der Waals surface area contributed by atoms with Gasteiger partial charge in [0.2, 0.25) is 0 Å². The van der Waals surface area contributed by atoms with Gasteiger partial charge < -0.3 is 10.6 Å². The molecule has 0 bridgehead atoms. The summed E-state index contributed by atoms with van der Waals surface area (Å²) in [5.74, 6) is 0.668. The van der Waals surface area contributed by atoms with Gasteiger partial charge >= 0.3 is 0 Å². The van der Waals surface area contributed by atoms with Gasteiger partial charge in [-0.05, 0) is 24.8 Å². The minimum absolute atomic E-state index is 0.258. The number of anilines is 1. The fourth-order valence-electron chi connectivity index (χ4n) is 4.37. The molecule has 138 valence electrons. The number of quaternary nitrogens is 1. The molecule has 1 amide bonds. The zero-order valence-corrected chi connectivity index (χ0v) is 15.4. The van der Waals surface area contributed by atoms with E-state index in [1.54, 1.807) is 0 Å². The van der Waals surface area contributed by atoms with Crippen LogP contribution in [0.4, 0.5) is 5.82 Å². The van der Waals surface area contributed by atoms with E-state index in [1.807, 2.05) is 18.2 Å². The van der Waals surface area contributed by atoms with E-state index >= 15 is 0 Å². The molecule has 0 atom stereocenters. The van der Waals surface area contributed by atoms with Crippen molar-refractivity contribution < 1.29 is 14.7 Å². The third-order valence-electron chi connectivity index (χ3n) is 5.69. The largest absolute Gasteiger partial charge is 0.365 e. The summed E-state index contributed by atoms with van der Waals surface area (Å²) in [6, 6.07) is 12.8. The number of nitriles is 1. The molecule has 2 aromatic rings. The first-order valence-electron chi connectivity index (χ1n) is 9.60. The number of nitrogens with two attached hydrogens (primary N) is 1. The number of hydrogen-bond donors (Lipinski definition) is 2. The van der Waals surface area contributed by atoms with Gasteiger partial charge in [0.25, 0.3) is 11.7 Å². The van der Waals surface area contributed by atoms with Crippen LogP contribution in [0.5, 0.6) is 0 Å². The molecule has 1 aliphatic heterocycles. The Morgan fingerprint density at radius 3 is 2.56 bits per heavy atom. The van der Waals surface area contributed by atoms with E-state index in [0.29, 0.717) is 6.54 Å². The predicted molar refractivity (Wildman–Crippen MR) is 102 cm³/mol. The first-order valence-corrected chi connectivity index (χ1v) is 9.60. The Hall–Kier alpha value is -2.91. The summed E-state index contributed by atoms with van der Waals surface area (Å²) in [7, 11) is 0. The highest BCUT2D eigenvalue weighted by molar-refractivity contribution is 5.74. The van der Waals surface area contributed by atoms with Crippen molar-refractivity contribution >= 4 is 11.7 Å². The number of nitrogens with zero attached hydrogens (tertiary/aromatic N) is 2. The molecule has 4 rings (SSSR count). The number of primary amides is 1. The maximum atomic E-state index is 11.2. The highest BCUT2D eigenvalue weighted by Gasteiger charge is 2.34. The summed E-state index contributed by atoms with van der Waals surface area (Å²) in [4.78, 5) is 18.3. The lowest BCUT2D eigenvalue weighted by Gasteiger charge is -2.28. The van der Waals surface area contributed by atoms with E-state index in [4.69, 9.17) is 5.73 Å². The zero-order chi connectivity index (χ0) is 18.8. The quantitative estimate of drug-likeness (QED) is 0.783. The lowest BCUT2D eigenvalue weighted by atomic mass is 9.98. The Morgan fingerprint density at radius 1 is 1.19 bits per heavy atom. The summed E-state index contributed by atoms with van der Waals surface area (Å²) in [6.45, 7) is 3.68. The van der Waals surface area contributed by atoms with Crippen molar-refractivity contribution in [1.82, 2.24) is 0 Å². The van der Waals surface area contributed by atoms with Crippen LogP contribution in [0, 0.1) is 11.3 Å². The van der Waals surface area contributed by atoms with Gasteiger partial charge in [-0.15, -0.1) is 0 Å². The van der Waals surface area contributed by atoms with Crippen molar-refractivity contribution in [2.24, 2.45) is 5.73 Å². The summed E-state index contributed by atoms with van der Waals surface area (Å²) in [5, 5.41) is 9.88. The van der Waals surface area contributed by atoms with Crippen LogP contribution in [0.3, 0.4) is 0 Å². The van der Waals surface area contributed by atoms with Gasteiger partial charge in [0.05, 0.1) is 0 Å². The van der Waals surface area contributed by atoms with Gasteiger partial charge in [0.1, 0.15) is 43.5 Å². The number of carbonyl (C=O) groups is 1. The fourth-order valence-corrected chi connectivity index (χ4v) is 4.37. The monoisotopic (exact) mass is 363 g/mol. The van der Waals surface area contributed by atoms with Crippen LogP contribution in [-0.2, 0) is 17.6 Å². The molecule has 0 unspecified atom stereocenters. The van der Waals surface area contributed by atoms with Crippen LogP contribution < -0.4 is 20.5 Å². The molecule has 1 aliphatic carbocycles. The van der Waals surface area contributed by atoms with Gasteiger partial charge in [0.15, 0.2) is 6.54 Å². The third kappa shape index (κ3) is 3.38. The number of aromatic nitrogens is 1. The molecule has 0 radical (unpaired) electrons. The Balaban J connectivity index is 1.71. The van der Waals surface area contributed by atoms with E-state index in [0.717, 1.165) is 62.5 Å². The number of aromatic amines is 1. The minimum Gasteiger partial charge on any atom is -0.365 e. The second kappa shape index (κ2) is 7.37. The molecule has 0 spiro atoms. The standard InChI is InChI=1S/C21H23N5O/c22-13-18-16-7-4-8-17(16)20(15-5-2-1-3-6-15)24-21(18)26-11-9-25(10-12-26)14-19(23)27/h1-3,5-6H,4,7-12,14H2,(H2,23,27)/p+2. The van der Waals surface area contributed by atoms with Crippen molar-refractivity contribution in [3.05, 3.63) is 47.0 Å². The van der Waals surface area contributed by atoms with Crippen LogP contribution in [0.2, 0.25) is 0 Å². The maximum Gasteiger partial charge on any atom is 0.293 e. The van der Waals surface area contributed by atoms with Gasteiger partial charge in [-0.2, -0.15) is 5.26 Å². The number of amides is 1. The van der Waals surface area contributed by atoms with Crippen LogP contribution in [0.25, 0.3) is 11.3 Å². The molecule has 6 heteroatoms. The molecule has 1 aromatic carbocycles. The second-order valence-electron chi connectivity index (χ2n) is 7.39. The number of benzene rings is 1. The Morgan fingerprint density at radius 2 is 1.89 bits per heavy atom. The van der Waals surface area contributed by atoms with E-state index in [9.17, 15) is 10.1 Å². The lowest BCUT2D eigenvalue weighted by Crippen LogP contribution is -3.15. The van der Waals surface area contributed by atoms with Crippen LogP contribution in [0.1, 0.15) is 23.1 Å². The Labute approximate surface area is 159 Å².